The fraction of sp³-hybridized carbons (Fsp3) is 0.455. The van der Waals surface area contributed by atoms with E-state index < -0.39 is 24.1 Å². The molecule has 1 saturated carbocycles. The van der Waals surface area contributed by atoms with Crippen LogP contribution in [0.5, 0.6) is 5.75 Å². The number of hydrogen-bond acceptors (Lipinski definition) is 3. The van der Waals surface area contributed by atoms with Crippen LogP contribution < -0.4 is 10.5 Å². The lowest BCUT2D eigenvalue weighted by molar-refractivity contribution is -0.0500. The van der Waals surface area contributed by atoms with Gasteiger partial charge in [0.15, 0.2) is 0 Å². The van der Waals surface area contributed by atoms with E-state index in [2.05, 4.69) is 4.74 Å². The quantitative estimate of drug-likeness (QED) is 0.855. The highest BCUT2D eigenvalue weighted by atomic mass is 19.3. The molecule has 0 spiro atoms. The lowest BCUT2D eigenvalue weighted by Crippen LogP contribution is -2.52. The third-order valence-electron chi connectivity index (χ3n) is 2.90. The van der Waals surface area contributed by atoms with Gasteiger partial charge in [0.05, 0.1) is 6.10 Å². The highest BCUT2D eigenvalue weighted by Gasteiger charge is 2.43. The molecular formula is C11H12F3NO2. The highest BCUT2D eigenvalue weighted by molar-refractivity contribution is 5.35. The SMILES string of the molecule is NC1(c2ccc(OC(F)F)cc2F)CC(O)C1. The first-order valence-corrected chi connectivity index (χ1v) is 5.12. The van der Waals surface area contributed by atoms with Crippen molar-refractivity contribution in [3.8, 4) is 5.75 Å². The molecule has 3 N–H and O–H groups in total. The minimum absolute atomic E-state index is 0.212. The summed E-state index contributed by atoms with van der Waals surface area (Å²) in [5.41, 5.74) is 5.18. The predicted molar refractivity (Wildman–Crippen MR) is 54.1 cm³/mol. The molecule has 0 aromatic heterocycles. The molecule has 1 aliphatic carbocycles. The zero-order chi connectivity index (χ0) is 12.6. The van der Waals surface area contributed by atoms with Crippen LogP contribution in [0.2, 0.25) is 0 Å². The van der Waals surface area contributed by atoms with Gasteiger partial charge in [-0.25, -0.2) is 4.39 Å². The smallest absolute Gasteiger partial charge is 0.387 e. The van der Waals surface area contributed by atoms with Crippen LogP contribution in [0.15, 0.2) is 18.2 Å². The van der Waals surface area contributed by atoms with Gasteiger partial charge in [-0.3, -0.25) is 0 Å². The van der Waals surface area contributed by atoms with Gasteiger partial charge in [0.25, 0.3) is 0 Å². The van der Waals surface area contributed by atoms with E-state index in [0.717, 1.165) is 6.07 Å². The average molecular weight is 247 g/mol. The predicted octanol–water partition coefficient (Wildman–Crippen LogP) is 1.74. The van der Waals surface area contributed by atoms with Crippen molar-refractivity contribution in [2.75, 3.05) is 0 Å². The summed E-state index contributed by atoms with van der Waals surface area (Å²) in [6, 6.07) is 3.43. The van der Waals surface area contributed by atoms with Gasteiger partial charge in [-0.05, 0) is 18.9 Å². The van der Waals surface area contributed by atoms with E-state index in [1.165, 1.54) is 12.1 Å². The van der Waals surface area contributed by atoms with Crippen molar-refractivity contribution in [3.63, 3.8) is 0 Å². The maximum atomic E-state index is 13.7. The summed E-state index contributed by atoms with van der Waals surface area (Å²) in [4.78, 5) is 0. The number of nitrogens with two attached hydrogens (primary N) is 1. The minimum atomic E-state index is -2.99. The van der Waals surface area contributed by atoms with Crippen molar-refractivity contribution in [1.29, 1.82) is 0 Å². The van der Waals surface area contributed by atoms with Crippen LogP contribution in [-0.4, -0.2) is 17.8 Å². The Balaban J connectivity index is 2.20. The Bertz CT molecular complexity index is 419. The fourth-order valence-corrected chi connectivity index (χ4v) is 2.08. The van der Waals surface area contributed by atoms with Gasteiger partial charge in [0.2, 0.25) is 0 Å². The average Bonchev–Trinajstić information content (AvgIpc) is 2.14. The van der Waals surface area contributed by atoms with Crippen molar-refractivity contribution >= 4 is 0 Å². The fourth-order valence-electron chi connectivity index (χ4n) is 2.08. The zero-order valence-corrected chi connectivity index (χ0v) is 8.87. The van der Waals surface area contributed by atoms with Crippen molar-refractivity contribution < 1.29 is 23.0 Å². The molecule has 0 saturated heterocycles. The van der Waals surface area contributed by atoms with Gasteiger partial charge in [-0.15, -0.1) is 0 Å². The first-order valence-electron chi connectivity index (χ1n) is 5.12. The summed E-state index contributed by atoms with van der Waals surface area (Å²) in [6.07, 6.45) is -0.00538. The molecule has 1 aromatic rings. The Morgan fingerprint density at radius 2 is 2.06 bits per heavy atom. The first-order chi connectivity index (χ1) is 7.90. The van der Waals surface area contributed by atoms with E-state index in [-0.39, 0.29) is 24.2 Å². The summed E-state index contributed by atoms with van der Waals surface area (Å²) >= 11 is 0. The van der Waals surface area contributed by atoms with E-state index in [1.807, 2.05) is 0 Å². The first kappa shape index (κ1) is 12.2. The van der Waals surface area contributed by atoms with Crippen LogP contribution in [0.3, 0.4) is 0 Å². The van der Waals surface area contributed by atoms with E-state index in [9.17, 15) is 18.3 Å². The van der Waals surface area contributed by atoms with Crippen molar-refractivity contribution in [1.82, 2.24) is 0 Å². The molecule has 0 aliphatic heterocycles. The Morgan fingerprint density at radius 3 is 2.53 bits per heavy atom. The van der Waals surface area contributed by atoms with Crippen LogP contribution in [0, 0.1) is 5.82 Å². The Morgan fingerprint density at radius 1 is 1.41 bits per heavy atom. The van der Waals surface area contributed by atoms with Crippen LogP contribution in [0.25, 0.3) is 0 Å². The number of rotatable bonds is 3. The molecule has 3 nitrogen and oxygen atoms in total. The molecule has 17 heavy (non-hydrogen) atoms. The Labute approximate surface area is 96.0 Å². The molecule has 1 aromatic carbocycles. The number of benzene rings is 1. The summed E-state index contributed by atoms with van der Waals surface area (Å²) in [6.45, 7) is -2.99. The normalized spacial score (nSPS) is 28.0. The third kappa shape index (κ3) is 2.37. The van der Waals surface area contributed by atoms with Crippen LogP contribution in [-0.2, 0) is 5.54 Å². The topological polar surface area (TPSA) is 55.5 Å². The van der Waals surface area contributed by atoms with Gasteiger partial charge in [0.1, 0.15) is 11.6 Å². The van der Waals surface area contributed by atoms with Crippen LogP contribution >= 0.6 is 0 Å². The van der Waals surface area contributed by atoms with E-state index in [0.29, 0.717) is 0 Å². The van der Waals surface area contributed by atoms with E-state index >= 15 is 0 Å². The monoisotopic (exact) mass is 247 g/mol. The lowest BCUT2D eigenvalue weighted by atomic mass is 9.70. The summed E-state index contributed by atoms with van der Waals surface area (Å²) in [5, 5.41) is 9.18. The molecule has 1 aliphatic rings. The number of ether oxygens (including phenoxy) is 1. The molecule has 0 radical (unpaired) electrons. The van der Waals surface area contributed by atoms with Gasteiger partial charge in [-0.1, -0.05) is 6.07 Å². The standard InChI is InChI=1S/C11H12F3NO2/c12-9-3-7(17-10(13)14)1-2-8(9)11(15)4-6(16)5-11/h1-3,6,10,16H,4-5,15H2. The van der Waals surface area contributed by atoms with E-state index in [1.54, 1.807) is 0 Å². The molecule has 0 atom stereocenters. The maximum absolute atomic E-state index is 13.7. The second kappa shape index (κ2) is 4.19. The molecule has 0 bridgehead atoms. The summed E-state index contributed by atoms with van der Waals surface area (Å²) in [7, 11) is 0. The van der Waals surface area contributed by atoms with E-state index in [4.69, 9.17) is 5.73 Å². The van der Waals surface area contributed by atoms with Crippen molar-refractivity contribution in [2.24, 2.45) is 5.73 Å². The number of aliphatic hydroxyl groups excluding tert-OH is 1. The van der Waals surface area contributed by atoms with Crippen molar-refractivity contribution in [3.05, 3.63) is 29.6 Å². The molecule has 1 fully saturated rings. The third-order valence-corrected chi connectivity index (χ3v) is 2.90. The second-order valence-corrected chi connectivity index (χ2v) is 4.24. The van der Waals surface area contributed by atoms with Gasteiger partial charge < -0.3 is 15.6 Å². The largest absolute Gasteiger partial charge is 0.435 e. The molecule has 6 heteroatoms. The maximum Gasteiger partial charge on any atom is 0.387 e. The molecular weight excluding hydrogens is 235 g/mol. The highest BCUT2D eigenvalue weighted by Crippen LogP contribution is 2.40. The summed E-state index contributed by atoms with van der Waals surface area (Å²) in [5.74, 6) is -0.942. The Kier molecular flexibility index (Phi) is 3.01. The number of hydrogen-bond donors (Lipinski definition) is 2. The second-order valence-electron chi connectivity index (χ2n) is 4.24. The molecule has 0 unspecified atom stereocenters. The number of alkyl halides is 2. The zero-order valence-electron chi connectivity index (χ0n) is 8.87. The number of aliphatic hydroxyl groups is 1. The van der Waals surface area contributed by atoms with Crippen LogP contribution in [0.1, 0.15) is 18.4 Å². The number of halogens is 3. The minimum Gasteiger partial charge on any atom is -0.435 e. The molecule has 94 valence electrons. The van der Waals surface area contributed by atoms with Gasteiger partial charge >= 0.3 is 6.61 Å². The molecule has 0 amide bonds. The van der Waals surface area contributed by atoms with Crippen LogP contribution in [0.4, 0.5) is 13.2 Å². The van der Waals surface area contributed by atoms with Crippen molar-refractivity contribution in [2.45, 2.75) is 31.1 Å². The molecule has 0 heterocycles. The lowest BCUT2D eigenvalue weighted by Gasteiger charge is -2.42. The summed E-state index contributed by atoms with van der Waals surface area (Å²) < 4.78 is 41.6. The molecule has 2 rings (SSSR count). The van der Waals surface area contributed by atoms with Gasteiger partial charge in [0, 0.05) is 17.2 Å². The Hall–Kier alpha value is -1.27. The van der Waals surface area contributed by atoms with Gasteiger partial charge in [-0.2, -0.15) is 8.78 Å².